The second kappa shape index (κ2) is 6.70. The fourth-order valence-corrected chi connectivity index (χ4v) is 2.55. The Morgan fingerprint density at radius 3 is 2.95 bits per heavy atom. The van der Waals surface area contributed by atoms with E-state index in [9.17, 15) is 9.59 Å². The van der Waals surface area contributed by atoms with Crippen LogP contribution in [0.2, 0.25) is 0 Å². The number of amides is 2. The van der Waals surface area contributed by atoms with E-state index in [1.807, 2.05) is 24.3 Å². The number of carbonyl (C=O) groups excluding carboxylic acids is 2. The van der Waals surface area contributed by atoms with Gasteiger partial charge in [0.1, 0.15) is 0 Å². The van der Waals surface area contributed by atoms with Crippen molar-refractivity contribution in [2.45, 2.75) is 25.7 Å². The van der Waals surface area contributed by atoms with E-state index in [2.05, 4.69) is 21.2 Å². The third kappa shape index (κ3) is 4.35. The maximum Gasteiger partial charge on any atom is 0.243 e. The highest BCUT2D eigenvalue weighted by Gasteiger charge is 2.19. The van der Waals surface area contributed by atoms with Gasteiger partial charge in [0.15, 0.2) is 0 Å². The number of nitrogens with one attached hydrogen (secondary N) is 1. The number of likely N-dealkylation sites (tertiary alicyclic amines) is 1. The largest absolute Gasteiger partial charge is 0.333 e. The predicted molar refractivity (Wildman–Crippen MR) is 77.8 cm³/mol. The normalized spacial score (nSPS) is 16.1. The van der Waals surface area contributed by atoms with Crippen LogP contribution in [0.3, 0.4) is 0 Å². The zero-order valence-electron chi connectivity index (χ0n) is 10.7. The lowest BCUT2D eigenvalue weighted by Crippen LogP contribution is -2.37. The summed E-state index contributed by atoms with van der Waals surface area (Å²) in [4.78, 5) is 25.4. The van der Waals surface area contributed by atoms with Gasteiger partial charge in [-0.3, -0.25) is 9.59 Å². The van der Waals surface area contributed by atoms with E-state index in [-0.39, 0.29) is 18.4 Å². The standard InChI is InChI=1S/C14H17BrN2O2/c15-11-5-4-6-12(9-11)16-13(18)10-17-8-3-1-2-7-14(17)19/h4-6,9H,1-3,7-8,10H2,(H,16,18). The van der Waals surface area contributed by atoms with Crippen LogP contribution < -0.4 is 5.32 Å². The van der Waals surface area contributed by atoms with Gasteiger partial charge < -0.3 is 10.2 Å². The number of halogens is 1. The molecule has 1 fully saturated rings. The minimum absolute atomic E-state index is 0.0851. The first kappa shape index (κ1) is 14.1. The van der Waals surface area contributed by atoms with E-state index in [0.717, 1.165) is 29.4 Å². The monoisotopic (exact) mass is 324 g/mol. The lowest BCUT2D eigenvalue weighted by atomic mass is 10.2. The van der Waals surface area contributed by atoms with Crippen molar-refractivity contribution in [3.8, 4) is 0 Å². The Balaban J connectivity index is 1.91. The summed E-state index contributed by atoms with van der Waals surface area (Å²) in [5.41, 5.74) is 0.738. The summed E-state index contributed by atoms with van der Waals surface area (Å²) in [6, 6.07) is 7.42. The highest BCUT2D eigenvalue weighted by molar-refractivity contribution is 9.10. The van der Waals surface area contributed by atoms with Crippen LogP contribution in [0, 0.1) is 0 Å². The van der Waals surface area contributed by atoms with Crippen molar-refractivity contribution in [3.05, 3.63) is 28.7 Å². The molecular weight excluding hydrogens is 308 g/mol. The van der Waals surface area contributed by atoms with Gasteiger partial charge in [0, 0.05) is 23.1 Å². The average molecular weight is 325 g/mol. The number of nitrogens with zero attached hydrogens (tertiary/aromatic N) is 1. The van der Waals surface area contributed by atoms with E-state index in [1.54, 1.807) is 4.90 Å². The molecule has 1 heterocycles. The van der Waals surface area contributed by atoms with Crippen molar-refractivity contribution in [1.82, 2.24) is 4.90 Å². The van der Waals surface area contributed by atoms with E-state index in [4.69, 9.17) is 0 Å². The van der Waals surface area contributed by atoms with Crippen LogP contribution in [0.1, 0.15) is 25.7 Å². The Morgan fingerprint density at radius 2 is 2.16 bits per heavy atom. The number of rotatable bonds is 3. The second-order valence-electron chi connectivity index (χ2n) is 4.68. The lowest BCUT2D eigenvalue weighted by Gasteiger charge is -2.19. The van der Waals surface area contributed by atoms with Gasteiger partial charge in [-0.05, 0) is 31.0 Å². The fourth-order valence-electron chi connectivity index (χ4n) is 2.15. The van der Waals surface area contributed by atoms with Gasteiger partial charge in [-0.2, -0.15) is 0 Å². The molecule has 4 nitrogen and oxygen atoms in total. The summed E-state index contributed by atoms with van der Waals surface area (Å²) in [5, 5.41) is 2.81. The molecule has 1 aromatic carbocycles. The summed E-state index contributed by atoms with van der Waals surface area (Å²) in [5.74, 6) is -0.0600. The van der Waals surface area contributed by atoms with Crippen LogP contribution in [0.15, 0.2) is 28.7 Å². The molecule has 0 bridgehead atoms. The van der Waals surface area contributed by atoms with Crippen LogP contribution in [-0.2, 0) is 9.59 Å². The Kier molecular flexibility index (Phi) is 4.96. The maximum atomic E-state index is 11.9. The van der Waals surface area contributed by atoms with E-state index in [1.165, 1.54) is 0 Å². The predicted octanol–water partition coefficient (Wildman–Crippen LogP) is 2.79. The van der Waals surface area contributed by atoms with Gasteiger partial charge in [0.05, 0.1) is 6.54 Å². The summed E-state index contributed by atoms with van der Waals surface area (Å²) < 4.78 is 0.913. The van der Waals surface area contributed by atoms with Crippen LogP contribution in [0.25, 0.3) is 0 Å². The highest BCUT2D eigenvalue weighted by Crippen LogP contribution is 2.16. The third-order valence-electron chi connectivity index (χ3n) is 3.11. The van der Waals surface area contributed by atoms with Crippen molar-refractivity contribution in [1.29, 1.82) is 0 Å². The van der Waals surface area contributed by atoms with E-state index in [0.29, 0.717) is 13.0 Å². The highest BCUT2D eigenvalue weighted by atomic mass is 79.9. The Hall–Kier alpha value is -1.36. The molecule has 2 rings (SSSR count). The van der Waals surface area contributed by atoms with Crippen molar-refractivity contribution in [3.63, 3.8) is 0 Å². The Labute approximate surface area is 121 Å². The molecule has 1 aliphatic heterocycles. The molecule has 19 heavy (non-hydrogen) atoms. The number of benzene rings is 1. The quantitative estimate of drug-likeness (QED) is 0.929. The first-order chi connectivity index (χ1) is 9.15. The lowest BCUT2D eigenvalue weighted by molar-refractivity contribution is -0.134. The minimum Gasteiger partial charge on any atom is -0.333 e. The van der Waals surface area contributed by atoms with Crippen LogP contribution in [0.5, 0.6) is 0 Å². The molecule has 1 aliphatic rings. The number of anilines is 1. The summed E-state index contributed by atoms with van der Waals surface area (Å²) >= 11 is 3.35. The first-order valence-electron chi connectivity index (χ1n) is 6.48. The van der Waals surface area contributed by atoms with Gasteiger partial charge in [0.2, 0.25) is 11.8 Å². The third-order valence-corrected chi connectivity index (χ3v) is 3.61. The first-order valence-corrected chi connectivity index (χ1v) is 7.27. The smallest absolute Gasteiger partial charge is 0.243 e. The topological polar surface area (TPSA) is 49.4 Å². The van der Waals surface area contributed by atoms with E-state index >= 15 is 0 Å². The number of hydrogen-bond donors (Lipinski definition) is 1. The van der Waals surface area contributed by atoms with Crippen molar-refractivity contribution in [2.24, 2.45) is 0 Å². The maximum absolute atomic E-state index is 11.9. The molecule has 1 N–H and O–H groups in total. The molecule has 0 atom stereocenters. The van der Waals surface area contributed by atoms with Gasteiger partial charge in [-0.1, -0.05) is 28.4 Å². The Morgan fingerprint density at radius 1 is 1.32 bits per heavy atom. The van der Waals surface area contributed by atoms with Crippen LogP contribution >= 0.6 is 15.9 Å². The molecule has 0 aliphatic carbocycles. The molecule has 5 heteroatoms. The van der Waals surface area contributed by atoms with Crippen molar-refractivity contribution >= 4 is 33.4 Å². The van der Waals surface area contributed by atoms with Gasteiger partial charge in [0.25, 0.3) is 0 Å². The van der Waals surface area contributed by atoms with Gasteiger partial charge in [-0.15, -0.1) is 0 Å². The number of hydrogen-bond acceptors (Lipinski definition) is 2. The summed E-state index contributed by atoms with van der Waals surface area (Å²) in [7, 11) is 0. The molecule has 1 saturated heterocycles. The zero-order chi connectivity index (χ0) is 13.7. The van der Waals surface area contributed by atoms with Crippen molar-refractivity contribution < 1.29 is 9.59 Å². The molecule has 0 saturated carbocycles. The van der Waals surface area contributed by atoms with Gasteiger partial charge >= 0.3 is 0 Å². The van der Waals surface area contributed by atoms with E-state index < -0.39 is 0 Å². The molecule has 1 aromatic rings. The van der Waals surface area contributed by atoms with Gasteiger partial charge in [-0.25, -0.2) is 0 Å². The second-order valence-corrected chi connectivity index (χ2v) is 5.60. The zero-order valence-corrected chi connectivity index (χ0v) is 12.3. The average Bonchev–Trinajstić information content (AvgIpc) is 2.55. The number of carbonyl (C=O) groups is 2. The molecule has 0 unspecified atom stereocenters. The minimum atomic E-state index is -0.145. The molecule has 0 radical (unpaired) electrons. The van der Waals surface area contributed by atoms with Crippen molar-refractivity contribution in [2.75, 3.05) is 18.4 Å². The summed E-state index contributed by atoms with van der Waals surface area (Å²) in [6.45, 7) is 0.829. The van der Waals surface area contributed by atoms with Crippen LogP contribution in [-0.4, -0.2) is 29.8 Å². The molecule has 102 valence electrons. The molecular formula is C14H17BrN2O2. The fraction of sp³-hybridized carbons (Fsp3) is 0.429. The molecule has 0 spiro atoms. The molecule has 2 amide bonds. The summed E-state index contributed by atoms with van der Waals surface area (Å²) in [6.07, 6.45) is 3.54. The SMILES string of the molecule is O=C(CN1CCCCCC1=O)Nc1cccc(Br)c1. The molecule has 0 aromatic heterocycles. The van der Waals surface area contributed by atoms with Crippen LogP contribution in [0.4, 0.5) is 5.69 Å². The Bertz CT molecular complexity index is 476.